The van der Waals surface area contributed by atoms with Gasteiger partial charge in [-0.1, -0.05) is 32.9 Å². The number of ether oxygens (including phenoxy) is 1. The summed E-state index contributed by atoms with van der Waals surface area (Å²) in [5, 5.41) is 0. The van der Waals surface area contributed by atoms with E-state index >= 15 is 0 Å². The van der Waals surface area contributed by atoms with Crippen molar-refractivity contribution in [2.45, 2.75) is 39.3 Å². The van der Waals surface area contributed by atoms with Crippen LogP contribution < -0.4 is 4.74 Å². The van der Waals surface area contributed by atoms with E-state index < -0.39 is 5.41 Å². The fourth-order valence-corrected chi connectivity index (χ4v) is 2.91. The Balaban J connectivity index is 2.00. The number of nitrogens with zero attached hydrogens (tertiary/aromatic N) is 1. The second-order valence-electron chi connectivity index (χ2n) is 6.36. The third kappa shape index (κ3) is 1.90. The van der Waals surface area contributed by atoms with E-state index in [4.69, 9.17) is 4.74 Å². The molecule has 0 saturated carbocycles. The molecule has 2 aliphatic heterocycles. The monoisotopic (exact) mass is 263 g/mol. The molecule has 19 heavy (non-hydrogen) atoms. The lowest BCUT2D eigenvalue weighted by Crippen LogP contribution is -2.39. The molecule has 0 radical (unpaired) electrons. The van der Waals surface area contributed by atoms with Crippen LogP contribution in [-0.2, 0) is 4.79 Å². The molecule has 0 unspecified atom stereocenters. The van der Waals surface area contributed by atoms with Gasteiger partial charge in [0, 0.05) is 17.4 Å². The molecule has 1 aromatic rings. The van der Waals surface area contributed by atoms with Crippen molar-refractivity contribution in [1.82, 2.24) is 4.90 Å². The number of amides is 1. The van der Waals surface area contributed by atoms with Crippen molar-refractivity contribution < 1.29 is 13.9 Å². The van der Waals surface area contributed by atoms with Crippen LogP contribution in [0.4, 0.5) is 4.39 Å². The first kappa shape index (κ1) is 12.5. The van der Waals surface area contributed by atoms with E-state index in [-0.39, 0.29) is 23.9 Å². The predicted octanol–water partition coefficient (Wildman–Crippen LogP) is 2.91. The first-order valence-corrected chi connectivity index (χ1v) is 6.64. The van der Waals surface area contributed by atoms with Crippen molar-refractivity contribution in [3.63, 3.8) is 0 Å². The summed E-state index contributed by atoms with van der Waals surface area (Å²) >= 11 is 0. The molecule has 2 bridgehead atoms. The number of carbonyl (C=O) groups excluding carboxylic acids is 1. The van der Waals surface area contributed by atoms with E-state index in [1.807, 2.05) is 31.7 Å². The van der Waals surface area contributed by atoms with Gasteiger partial charge in [0.15, 0.2) is 11.6 Å². The molecule has 1 aromatic carbocycles. The summed E-state index contributed by atoms with van der Waals surface area (Å²) in [7, 11) is 0. The minimum absolute atomic E-state index is 0.0452. The Kier molecular flexibility index (Phi) is 2.59. The second-order valence-corrected chi connectivity index (χ2v) is 6.36. The van der Waals surface area contributed by atoms with Crippen LogP contribution in [0.15, 0.2) is 18.2 Å². The standard InChI is InChI=1S/C15H18FNO2/c1-15(2,3)14(18)17-8-9-7-12(17)10-5-4-6-11(16)13(10)19-9/h4-6,9,12H,7-8H2,1-3H3/t9-,12-/m0/s1. The lowest BCUT2D eigenvalue weighted by molar-refractivity contribution is -0.140. The number of hydrogen-bond acceptors (Lipinski definition) is 2. The molecule has 1 amide bonds. The fourth-order valence-electron chi connectivity index (χ4n) is 2.91. The van der Waals surface area contributed by atoms with Crippen molar-refractivity contribution in [3.05, 3.63) is 29.6 Å². The maximum atomic E-state index is 13.8. The summed E-state index contributed by atoms with van der Waals surface area (Å²) < 4.78 is 19.5. The minimum atomic E-state index is -0.426. The normalized spacial score (nSPS) is 24.9. The smallest absolute Gasteiger partial charge is 0.228 e. The van der Waals surface area contributed by atoms with Crippen LogP contribution in [0.5, 0.6) is 5.75 Å². The molecule has 2 aliphatic rings. The van der Waals surface area contributed by atoms with Gasteiger partial charge in [0.05, 0.1) is 12.6 Å². The largest absolute Gasteiger partial charge is 0.485 e. The molecule has 3 nitrogen and oxygen atoms in total. The molecule has 2 heterocycles. The van der Waals surface area contributed by atoms with E-state index in [1.165, 1.54) is 6.07 Å². The highest BCUT2D eigenvalue weighted by molar-refractivity contribution is 5.82. The molecule has 3 rings (SSSR count). The van der Waals surface area contributed by atoms with Crippen LogP contribution in [0.3, 0.4) is 0 Å². The predicted molar refractivity (Wildman–Crippen MR) is 69.3 cm³/mol. The Hall–Kier alpha value is -1.58. The summed E-state index contributed by atoms with van der Waals surface area (Å²) in [6, 6.07) is 4.89. The Morgan fingerprint density at radius 2 is 2.16 bits per heavy atom. The number of hydrogen-bond donors (Lipinski definition) is 0. The number of likely N-dealkylation sites (tertiary alicyclic amines) is 1. The van der Waals surface area contributed by atoms with Crippen LogP contribution in [0.2, 0.25) is 0 Å². The SMILES string of the molecule is CC(C)(C)C(=O)N1C[C@@H]2C[C@H]1c1cccc(F)c1O2. The van der Waals surface area contributed by atoms with E-state index in [2.05, 4.69) is 0 Å². The van der Waals surface area contributed by atoms with E-state index in [1.54, 1.807) is 6.07 Å². The average molecular weight is 263 g/mol. The maximum absolute atomic E-state index is 13.8. The van der Waals surface area contributed by atoms with Gasteiger partial charge in [-0.15, -0.1) is 0 Å². The molecule has 1 fully saturated rings. The van der Waals surface area contributed by atoms with E-state index in [9.17, 15) is 9.18 Å². The summed E-state index contributed by atoms with van der Waals surface area (Å²) in [5.41, 5.74) is 0.372. The maximum Gasteiger partial charge on any atom is 0.228 e. The van der Waals surface area contributed by atoms with Gasteiger partial charge in [0.1, 0.15) is 6.10 Å². The van der Waals surface area contributed by atoms with Crippen LogP contribution in [0.25, 0.3) is 0 Å². The lowest BCUT2D eigenvalue weighted by atomic mass is 9.93. The van der Waals surface area contributed by atoms with Crippen molar-refractivity contribution in [2.24, 2.45) is 5.41 Å². The van der Waals surface area contributed by atoms with E-state index in [0.29, 0.717) is 12.3 Å². The molecular formula is C15H18FNO2. The zero-order valence-electron chi connectivity index (χ0n) is 11.4. The highest BCUT2D eigenvalue weighted by Crippen LogP contribution is 2.45. The van der Waals surface area contributed by atoms with Crippen LogP contribution in [0, 0.1) is 11.2 Å². The lowest BCUT2D eigenvalue weighted by Gasteiger charge is -2.31. The zero-order valence-corrected chi connectivity index (χ0v) is 11.4. The number of benzene rings is 1. The number of rotatable bonds is 0. The Labute approximate surface area is 112 Å². The van der Waals surface area contributed by atoms with Crippen molar-refractivity contribution in [3.8, 4) is 5.75 Å². The topological polar surface area (TPSA) is 29.5 Å². The fraction of sp³-hybridized carbons (Fsp3) is 0.533. The van der Waals surface area contributed by atoms with Crippen molar-refractivity contribution >= 4 is 5.91 Å². The highest BCUT2D eigenvalue weighted by Gasteiger charge is 2.45. The third-order valence-corrected chi connectivity index (χ3v) is 3.81. The van der Waals surface area contributed by atoms with Gasteiger partial charge in [0.25, 0.3) is 0 Å². The number of halogens is 1. The molecule has 0 aromatic heterocycles. The number of carbonyl (C=O) groups is 1. The van der Waals surface area contributed by atoms with Crippen molar-refractivity contribution in [1.29, 1.82) is 0 Å². The number of para-hydroxylation sites is 1. The van der Waals surface area contributed by atoms with Gasteiger partial charge in [-0.3, -0.25) is 4.79 Å². The quantitative estimate of drug-likeness (QED) is 0.720. The Bertz CT molecular complexity index is 535. The molecule has 4 heteroatoms. The number of fused-ring (bicyclic) bond motifs is 4. The molecule has 1 saturated heterocycles. The molecule has 0 aliphatic carbocycles. The minimum Gasteiger partial charge on any atom is -0.485 e. The summed E-state index contributed by atoms with van der Waals surface area (Å²) in [6.45, 7) is 6.27. The van der Waals surface area contributed by atoms with Gasteiger partial charge in [-0.05, 0) is 6.07 Å². The Morgan fingerprint density at radius 1 is 1.42 bits per heavy atom. The second kappa shape index (κ2) is 3.95. The molecule has 0 spiro atoms. The van der Waals surface area contributed by atoms with Gasteiger partial charge in [-0.2, -0.15) is 0 Å². The van der Waals surface area contributed by atoms with Crippen LogP contribution in [-0.4, -0.2) is 23.5 Å². The molecule has 102 valence electrons. The first-order valence-electron chi connectivity index (χ1n) is 6.64. The third-order valence-electron chi connectivity index (χ3n) is 3.81. The molecule has 0 N–H and O–H groups in total. The van der Waals surface area contributed by atoms with Gasteiger partial charge >= 0.3 is 0 Å². The summed E-state index contributed by atoms with van der Waals surface area (Å²) in [6.07, 6.45) is 0.679. The van der Waals surface area contributed by atoms with Gasteiger partial charge < -0.3 is 9.64 Å². The zero-order chi connectivity index (χ0) is 13.8. The molecule has 2 atom stereocenters. The molecular weight excluding hydrogens is 245 g/mol. The summed E-state index contributed by atoms with van der Waals surface area (Å²) in [5.74, 6) is 0.0888. The van der Waals surface area contributed by atoms with Gasteiger partial charge in [0.2, 0.25) is 5.91 Å². The Morgan fingerprint density at radius 3 is 2.84 bits per heavy atom. The van der Waals surface area contributed by atoms with Crippen molar-refractivity contribution in [2.75, 3.05) is 6.54 Å². The van der Waals surface area contributed by atoms with Crippen LogP contribution >= 0.6 is 0 Å². The van der Waals surface area contributed by atoms with Crippen LogP contribution in [0.1, 0.15) is 38.8 Å². The summed E-state index contributed by atoms with van der Waals surface area (Å²) in [4.78, 5) is 14.3. The first-order chi connectivity index (χ1) is 8.88. The highest BCUT2D eigenvalue weighted by atomic mass is 19.1. The van der Waals surface area contributed by atoms with E-state index in [0.717, 1.165) is 12.0 Å². The van der Waals surface area contributed by atoms with Gasteiger partial charge in [-0.25, -0.2) is 4.39 Å². The average Bonchev–Trinajstić information content (AvgIpc) is 2.67.